The number of rotatable bonds is 4. The van der Waals surface area contributed by atoms with E-state index < -0.39 is 0 Å². The molecule has 1 aromatic rings. The third-order valence-electron chi connectivity index (χ3n) is 4.11. The van der Waals surface area contributed by atoms with Crippen LogP contribution in [-0.4, -0.2) is 24.4 Å². The summed E-state index contributed by atoms with van der Waals surface area (Å²) >= 11 is 4.96. The first-order valence-corrected chi connectivity index (χ1v) is 7.50. The minimum Gasteiger partial charge on any atom is -0.327 e. The fourth-order valence-corrected chi connectivity index (χ4v) is 3.52. The summed E-state index contributed by atoms with van der Waals surface area (Å²) in [7, 11) is 2.00. The third-order valence-corrected chi connectivity index (χ3v) is 4.73. The van der Waals surface area contributed by atoms with Gasteiger partial charge in [-0.3, -0.25) is 0 Å². The molecule has 20 heavy (non-hydrogen) atoms. The molecule has 3 heteroatoms. The molecule has 0 saturated heterocycles. The zero-order chi connectivity index (χ0) is 14.8. The molecule has 2 rings (SSSR count). The largest absolute Gasteiger partial charge is 0.327 e. The fraction of sp³-hybridized carbons (Fsp3) is 0.412. The van der Waals surface area contributed by atoms with Crippen LogP contribution < -0.4 is 11.1 Å². The summed E-state index contributed by atoms with van der Waals surface area (Å²) in [6, 6.07) is 6.80. The van der Waals surface area contributed by atoms with Crippen LogP contribution >= 0.6 is 12.6 Å². The summed E-state index contributed by atoms with van der Waals surface area (Å²) < 4.78 is -0.202. The van der Waals surface area contributed by atoms with Crippen molar-refractivity contribution in [3.8, 4) is 0 Å². The Balaban J connectivity index is 2.47. The third kappa shape index (κ3) is 2.85. The van der Waals surface area contributed by atoms with E-state index in [-0.39, 0.29) is 4.75 Å². The Morgan fingerprint density at radius 1 is 1.60 bits per heavy atom. The molecule has 2 atom stereocenters. The molecule has 1 unspecified atom stereocenters. The number of fused-ring (bicyclic) bond motifs is 1. The summed E-state index contributed by atoms with van der Waals surface area (Å²) in [4.78, 5) is 0. The highest BCUT2D eigenvalue weighted by Crippen LogP contribution is 2.37. The number of hydrogen-bond donors (Lipinski definition) is 3. The fourth-order valence-electron chi connectivity index (χ4n) is 3.04. The van der Waals surface area contributed by atoms with Gasteiger partial charge in [-0.05, 0) is 43.5 Å². The molecule has 0 bridgehead atoms. The van der Waals surface area contributed by atoms with Gasteiger partial charge in [-0.15, -0.1) is 0 Å². The molecule has 2 nitrogen and oxygen atoms in total. The maximum atomic E-state index is 5.61. The summed E-state index contributed by atoms with van der Waals surface area (Å²) in [5.74, 6) is 0. The highest BCUT2D eigenvalue weighted by atomic mass is 32.1. The lowest BCUT2D eigenvalue weighted by Gasteiger charge is -2.40. The van der Waals surface area contributed by atoms with E-state index >= 15 is 0 Å². The second-order valence-corrected chi connectivity index (χ2v) is 6.41. The molecular formula is C17H24N2S. The van der Waals surface area contributed by atoms with Gasteiger partial charge in [0.2, 0.25) is 0 Å². The van der Waals surface area contributed by atoms with Gasteiger partial charge in [0.1, 0.15) is 0 Å². The summed E-state index contributed by atoms with van der Waals surface area (Å²) in [6.07, 6.45) is 6.03. The summed E-state index contributed by atoms with van der Waals surface area (Å²) in [5.41, 5.74) is 10.8. The van der Waals surface area contributed by atoms with Gasteiger partial charge in [0.15, 0.2) is 0 Å². The van der Waals surface area contributed by atoms with E-state index in [0.717, 1.165) is 18.4 Å². The normalized spacial score (nSPS) is 25.7. The Hall–Kier alpha value is -1.03. The van der Waals surface area contributed by atoms with Crippen LogP contribution in [0.1, 0.15) is 23.6 Å². The van der Waals surface area contributed by atoms with Crippen LogP contribution in [0, 0.1) is 0 Å². The molecule has 0 radical (unpaired) electrons. The zero-order valence-electron chi connectivity index (χ0n) is 12.3. The second-order valence-electron chi connectivity index (χ2n) is 5.58. The van der Waals surface area contributed by atoms with Crippen LogP contribution in [0.25, 0.3) is 5.57 Å². The van der Waals surface area contributed by atoms with Crippen molar-refractivity contribution in [2.75, 3.05) is 13.6 Å². The van der Waals surface area contributed by atoms with E-state index in [1.54, 1.807) is 0 Å². The molecule has 1 aromatic carbocycles. The lowest BCUT2D eigenvalue weighted by Crippen LogP contribution is -2.50. The van der Waals surface area contributed by atoms with E-state index in [9.17, 15) is 0 Å². The Morgan fingerprint density at radius 2 is 2.35 bits per heavy atom. The number of thiol groups is 1. The van der Waals surface area contributed by atoms with Crippen molar-refractivity contribution in [3.63, 3.8) is 0 Å². The van der Waals surface area contributed by atoms with Gasteiger partial charge >= 0.3 is 0 Å². The van der Waals surface area contributed by atoms with Crippen LogP contribution in [-0.2, 0) is 12.8 Å². The number of nitrogens with two attached hydrogens (primary N) is 1. The summed E-state index contributed by atoms with van der Waals surface area (Å²) in [6.45, 7) is 6.72. The van der Waals surface area contributed by atoms with Crippen LogP contribution in [0.4, 0.5) is 0 Å². The zero-order valence-corrected chi connectivity index (χ0v) is 13.2. The maximum absolute atomic E-state index is 5.61. The Morgan fingerprint density at radius 3 is 2.95 bits per heavy atom. The van der Waals surface area contributed by atoms with Crippen molar-refractivity contribution in [3.05, 3.63) is 53.6 Å². The topological polar surface area (TPSA) is 38.0 Å². The van der Waals surface area contributed by atoms with Crippen molar-refractivity contribution in [1.82, 2.24) is 5.32 Å². The minimum atomic E-state index is -0.202. The van der Waals surface area contributed by atoms with Gasteiger partial charge in [0, 0.05) is 12.6 Å². The van der Waals surface area contributed by atoms with E-state index in [1.165, 1.54) is 16.7 Å². The number of nitrogens with one attached hydrogen (secondary N) is 1. The Kier molecular flexibility index (Phi) is 4.74. The first kappa shape index (κ1) is 15.4. The van der Waals surface area contributed by atoms with Gasteiger partial charge in [-0.25, -0.2) is 0 Å². The SMILES string of the molecule is C=C(C)c1cccc2c1C[C@@](S)(/C=C/CN)C(NC)C2. The van der Waals surface area contributed by atoms with E-state index in [2.05, 4.69) is 43.1 Å². The van der Waals surface area contributed by atoms with Gasteiger partial charge in [0.25, 0.3) is 0 Å². The highest BCUT2D eigenvalue weighted by Gasteiger charge is 2.37. The number of benzene rings is 1. The van der Waals surface area contributed by atoms with Crippen LogP contribution in [0.2, 0.25) is 0 Å². The van der Waals surface area contributed by atoms with E-state index in [0.29, 0.717) is 12.6 Å². The standard InChI is InChI=1S/C17H24N2S/c1-12(2)14-7-4-6-13-10-16(19-3)17(20,8-5-9-18)11-15(13)14/h4-8,16,19-20H,1,9-11,18H2,2-3H3/b8-5+/t16?,17-/m0/s1. The molecule has 108 valence electrons. The molecule has 1 aliphatic carbocycles. The van der Waals surface area contributed by atoms with Crippen LogP contribution in [0.5, 0.6) is 0 Å². The summed E-state index contributed by atoms with van der Waals surface area (Å²) in [5, 5.41) is 3.40. The molecule has 0 saturated carbocycles. The minimum absolute atomic E-state index is 0.202. The maximum Gasteiger partial charge on any atom is 0.0505 e. The van der Waals surface area contributed by atoms with E-state index in [1.807, 2.05) is 13.1 Å². The van der Waals surface area contributed by atoms with Crippen molar-refractivity contribution < 1.29 is 0 Å². The molecule has 0 fully saturated rings. The van der Waals surface area contributed by atoms with Crippen molar-refractivity contribution >= 4 is 18.2 Å². The lowest BCUT2D eigenvalue weighted by molar-refractivity contribution is 0.444. The monoisotopic (exact) mass is 288 g/mol. The molecule has 0 amide bonds. The van der Waals surface area contributed by atoms with Crippen molar-refractivity contribution in [1.29, 1.82) is 0 Å². The van der Waals surface area contributed by atoms with Crippen molar-refractivity contribution in [2.45, 2.75) is 30.6 Å². The smallest absolute Gasteiger partial charge is 0.0505 e. The predicted octanol–water partition coefficient (Wildman–Crippen LogP) is 2.59. The predicted molar refractivity (Wildman–Crippen MR) is 91.3 cm³/mol. The highest BCUT2D eigenvalue weighted by molar-refractivity contribution is 7.82. The van der Waals surface area contributed by atoms with E-state index in [4.69, 9.17) is 18.4 Å². The Labute approximate surface area is 127 Å². The number of allylic oxidation sites excluding steroid dienone is 1. The van der Waals surface area contributed by atoms with Crippen LogP contribution in [0.3, 0.4) is 0 Å². The molecule has 1 aliphatic rings. The average molecular weight is 288 g/mol. The molecule has 0 aromatic heterocycles. The second kappa shape index (κ2) is 6.17. The molecule has 0 heterocycles. The average Bonchev–Trinajstić information content (AvgIpc) is 2.43. The molecule has 0 aliphatic heterocycles. The van der Waals surface area contributed by atoms with Gasteiger partial charge in [-0.1, -0.05) is 42.5 Å². The van der Waals surface area contributed by atoms with Gasteiger partial charge in [-0.2, -0.15) is 12.6 Å². The lowest BCUT2D eigenvalue weighted by atomic mass is 9.76. The molecule has 3 N–H and O–H groups in total. The molecular weight excluding hydrogens is 264 g/mol. The van der Waals surface area contributed by atoms with Crippen LogP contribution in [0.15, 0.2) is 36.9 Å². The van der Waals surface area contributed by atoms with Gasteiger partial charge < -0.3 is 11.1 Å². The first-order valence-electron chi connectivity index (χ1n) is 7.06. The number of likely N-dealkylation sites (N-methyl/N-ethyl adjacent to an activating group) is 1. The molecule has 0 spiro atoms. The number of hydrogen-bond acceptors (Lipinski definition) is 3. The first-order chi connectivity index (χ1) is 9.51. The Bertz CT molecular complexity index is 536. The van der Waals surface area contributed by atoms with Gasteiger partial charge in [0.05, 0.1) is 4.75 Å². The van der Waals surface area contributed by atoms with Crippen molar-refractivity contribution in [2.24, 2.45) is 5.73 Å². The quantitative estimate of drug-likeness (QED) is 0.588.